The number of nitrogens with one attached hydrogen (secondary N) is 1. The average Bonchev–Trinajstić information content (AvgIpc) is 3.48. The smallest absolute Gasteiger partial charge is 0.255 e. The van der Waals surface area contributed by atoms with Gasteiger partial charge in [0.1, 0.15) is 17.7 Å². The summed E-state index contributed by atoms with van der Waals surface area (Å²) in [7, 11) is 0. The number of halogens is 1. The Balaban J connectivity index is 1.19. The lowest BCUT2D eigenvalue weighted by Gasteiger charge is -2.32. The molecule has 0 bridgehead atoms. The average molecular weight is 479 g/mol. The molecule has 3 aromatic rings. The summed E-state index contributed by atoms with van der Waals surface area (Å²) in [6.45, 7) is 1.87. The minimum absolute atomic E-state index is 0.0102. The highest BCUT2D eigenvalue weighted by molar-refractivity contribution is 6.30. The first-order valence-electron chi connectivity index (χ1n) is 11.8. The molecule has 8 nitrogen and oxygen atoms in total. The summed E-state index contributed by atoms with van der Waals surface area (Å²) >= 11 is 5.94. The van der Waals surface area contributed by atoms with Crippen molar-refractivity contribution < 1.29 is 9.59 Å². The molecule has 2 aliphatic heterocycles. The van der Waals surface area contributed by atoms with E-state index in [4.69, 9.17) is 11.6 Å². The predicted molar refractivity (Wildman–Crippen MR) is 128 cm³/mol. The van der Waals surface area contributed by atoms with Gasteiger partial charge in [0.05, 0.1) is 5.56 Å². The molecular formula is C25H27ClN6O2. The normalized spacial score (nSPS) is 18.0. The van der Waals surface area contributed by atoms with E-state index in [1.165, 1.54) is 0 Å². The Morgan fingerprint density at radius 2 is 1.85 bits per heavy atom. The van der Waals surface area contributed by atoms with Crippen LogP contribution in [0.3, 0.4) is 0 Å². The van der Waals surface area contributed by atoms with E-state index in [9.17, 15) is 9.59 Å². The van der Waals surface area contributed by atoms with Crippen molar-refractivity contribution in [2.45, 2.75) is 44.1 Å². The highest BCUT2D eigenvalue weighted by atomic mass is 35.5. The van der Waals surface area contributed by atoms with Crippen LogP contribution in [0.15, 0.2) is 48.8 Å². The molecular weight excluding hydrogens is 452 g/mol. The number of pyridine rings is 1. The van der Waals surface area contributed by atoms with Crippen LogP contribution < -0.4 is 5.32 Å². The summed E-state index contributed by atoms with van der Waals surface area (Å²) in [4.78, 5) is 31.7. The van der Waals surface area contributed by atoms with E-state index < -0.39 is 0 Å². The van der Waals surface area contributed by atoms with E-state index in [1.54, 1.807) is 24.5 Å². The number of carbonyl (C=O) groups excluding carboxylic acids is 2. The van der Waals surface area contributed by atoms with Crippen molar-refractivity contribution in [1.29, 1.82) is 0 Å². The quantitative estimate of drug-likeness (QED) is 0.587. The van der Waals surface area contributed by atoms with E-state index in [-0.39, 0.29) is 23.8 Å². The van der Waals surface area contributed by atoms with E-state index in [1.807, 2.05) is 33.7 Å². The van der Waals surface area contributed by atoms with Gasteiger partial charge < -0.3 is 14.8 Å². The van der Waals surface area contributed by atoms with Crippen LogP contribution >= 0.6 is 11.6 Å². The van der Waals surface area contributed by atoms with Gasteiger partial charge in [-0.1, -0.05) is 23.7 Å². The second-order valence-corrected chi connectivity index (χ2v) is 9.31. The number of rotatable bonds is 6. The molecule has 9 heteroatoms. The number of hydrogen-bond donors (Lipinski definition) is 1. The largest absolute Gasteiger partial charge is 0.354 e. The van der Waals surface area contributed by atoms with Crippen molar-refractivity contribution >= 4 is 23.4 Å². The topological polar surface area (TPSA) is 93.0 Å². The zero-order valence-electron chi connectivity index (χ0n) is 18.9. The Bertz CT molecular complexity index is 1160. The molecule has 0 aliphatic carbocycles. The second kappa shape index (κ2) is 9.93. The maximum Gasteiger partial charge on any atom is 0.255 e. The number of hydrogen-bond acceptors (Lipinski definition) is 5. The number of aromatic nitrogens is 4. The number of carbonyl (C=O) groups is 2. The molecule has 1 unspecified atom stereocenters. The standard InChI is InChI=1S/C25H27ClN6O2/c26-20-5-3-17(4-6-20)9-13-28-24(33)21-7-8-22-29-30-23(32(21)22)18-10-14-31(15-11-18)25(34)19-2-1-12-27-16-19/h1-6,12,16,18,21H,7-11,13-15H2,(H,28,33). The van der Waals surface area contributed by atoms with Crippen LogP contribution in [0.25, 0.3) is 0 Å². The zero-order valence-corrected chi connectivity index (χ0v) is 19.6. The molecule has 1 saturated heterocycles. The van der Waals surface area contributed by atoms with Crippen LogP contribution in [0, 0.1) is 0 Å². The number of aryl methyl sites for hydroxylation is 1. The Kier molecular flexibility index (Phi) is 6.58. The molecule has 176 valence electrons. The van der Waals surface area contributed by atoms with Crippen molar-refractivity contribution in [3.8, 4) is 0 Å². The minimum atomic E-state index is -0.278. The van der Waals surface area contributed by atoms with Gasteiger partial charge in [-0.05, 0) is 55.5 Å². The van der Waals surface area contributed by atoms with Crippen LogP contribution in [0.1, 0.15) is 58.8 Å². The summed E-state index contributed by atoms with van der Waals surface area (Å²) in [6.07, 6.45) is 7.11. The number of nitrogens with zero attached hydrogens (tertiary/aromatic N) is 5. The molecule has 2 amide bonds. The number of benzene rings is 1. The Morgan fingerprint density at radius 3 is 2.59 bits per heavy atom. The number of fused-ring (bicyclic) bond motifs is 1. The van der Waals surface area contributed by atoms with Crippen molar-refractivity contribution in [3.63, 3.8) is 0 Å². The van der Waals surface area contributed by atoms with Crippen molar-refractivity contribution in [2.75, 3.05) is 19.6 Å². The van der Waals surface area contributed by atoms with Crippen LogP contribution in [0.5, 0.6) is 0 Å². The molecule has 5 rings (SSSR count). The molecule has 0 spiro atoms. The fraction of sp³-hybridized carbons (Fsp3) is 0.400. The minimum Gasteiger partial charge on any atom is -0.354 e. The molecule has 34 heavy (non-hydrogen) atoms. The van der Waals surface area contributed by atoms with Crippen molar-refractivity contribution in [1.82, 2.24) is 30.0 Å². The van der Waals surface area contributed by atoms with Crippen LogP contribution in [-0.4, -0.2) is 56.1 Å². The lowest BCUT2D eigenvalue weighted by Crippen LogP contribution is -2.39. The fourth-order valence-electron chi connectivity index (χ4n) is 4.88. The van der Waals surface area contributed by atoms with Gasteiger partial charge in [-0.3, -0.25) is 14.6 Å². The molecule has 0 saturated carbocycles. The third-order valence-corrected chi connectivity index (χ3v) is 6.98. The highest BCUT2D eigenvalue weighted by Crippen LogP contribution is 2.34. The van der Waals surface area contributed by atoms with Crippen molar-refractivity contribution in [2.24, 2.45) is 0 Å². The molecule has 1 N–H and O–H groups in total. The van der Waals surface area contributed by atoms with Gasteiger partial charge in [0, 0.05) is 49.4 Å². The molecule has 1 fully saturated rings. The lowest BCUT2D eigenvalue weighted by molar-refractivity contribution is -0.124. The predicted octanol–water partition coefficient (Wildman–Crippen LogP) is 3.19. The summed E-state index contributed by atoms with van der Waals surface area (Å²) in [5.74, 6) is 1.95. The van der Waals surface area contributed by atoms with E-state index in [2.05, 4.69) is 20.5 Å². The third kappa shape index (κ3) is 4.68. The maximum atomic E-state index is 13.0. The summed E-state index contributed by atoms with van der Waals surface area (Å²) in [5.41, 5.74) is 1.74. The highest BCUT2D eigenvalue weighted by Gasteiger charge is 2.36. The van der Waals surface area contributed by atoms with Crippen LogP contribution in [0.2, 0.25) is 5.02 Å². The Labute approximate surface area is 203 Å². The first-order chi connectivity index (χ1) is 16.6. The summed E-state index contributed by atoms with van der Waals surface area (Å²) < 4.78 is 2.04. The first-order valence-corrected chi connectivity index (χ1v) is 12.1. The van der Waals surface area contributed by atoms with E-state index in [0.717, 1.165) is 49.3 Å². The molecule has 2 aromatic heterocycles. The van der Waals surface area contributed by atoms with Gasteiger partial charge >= 0.3 is 0 Å². The SMILES string of the molecule is O=C(NCCc1ccc(Cl)cc1)C1CCc2nnc(C3CCN(C(=O)c4cccnc4)CC3)n21. The monoisotopic (exact) mass is 478 g/mol. The molecule has 0 radical (unpaired) electrons. The van der Waals surface area contributed by atoms with Gasteiger partial charge in [0.15, 0.2) is 0 Å². The van der Waals surface area contributed by atoms with Crippen LogP contribution in [-0.2, 0) is 17.6 Å². The lowest BCUT2D eigenvalue weighted by atomic mass is 9.95. The van der Waals surface area contributed by atoms with Gasteiger partial charge in [-0.25, -0.2) is 0 Å². The van der Waals surface area contributed by atoms with Gasteiger partial charge in [-0.2, -0.15) is 0 Å². The third-order valence-electron chi connectivity index (χ3n) is 6.73. The summed E-state index contributed by atoms with van der Waals surface area (Å²) in [5, 5.41) is 12.6. The van der Waals surface area contributed by atoms with Gasteiger partial charge in [-0.15, -0.1) is 10.2 Å². The summed E-state index contributed by atoms with van der Waals surface area (Å²) in [6, 6.07) is 11.0. The molecule has 1 aromatic carbocycles. The zero-order chi connectivity index (χ0) is 23.5. The Hall–Kier alpha value is -3.26. The molecule has 4 heterocycles. The van der Waals surface area contributed by atoms with Gasteiger partial charge in [0.25, 0.3) is 5.91 Å². The molecule has 1 atom stereocenters. The van der Waals surface area contributed by atoms with Crippen LogP contribution in [0.4, 0.5) is 0 Å². The fourth-order valence-corrected chi connectivity index (χ4v) is 5.01. The van der Waals surface area contributed by atoms with E-state index >= 15 is 0 Å². The Morgan fingerprint density at radius 1 is 1.06 bits per heavy atom. The number of amides is 2. The first kappa shape index (κ1) is 22.5. The molecule has 2 aliphatic rings. The van der Waals surface area contributed by atoms with Gasteiger partial charge in [0.2, 0.25) is 5.91 Å². The second-order valence-electron chi connectivity index (χ2n) is 8.87. The van der Waals surface area contributed by atoms with E-state index in [0.29, 0.717) is 30.2 Å². The maximum absolute atomic E-state index is 13.0. The van der Waals surface area contributed by atoms with Crippen molar-refractivity contribution in [3.05, 3.63) is 76.6 Å². The number of piperidine rings is 1. The number of likely N-dealkylation sites (tertiary alicyclic amines) is 1.